The zero-order valence-electron chi connectivity index (χ0n) is 15.5. The summed E-state index contributed by atoms with van der Waals surface area (Å²) < 4.78 is 1.79. The number of imidazole rings is 1. The van der Waals surface area contributed by atoms with E-state index in [-0.39, 0.29) is 29.6 Å². The molecule has 0 unspecified atom stereocenters. The molecule has 2 atom stereocenters. The first-order valence-electron chi connectivity index (χ1n) is 9.14. The fraction of sp³-hybridized carbons (Fsp3) is 0.389. The quantitative estimate of drug-likeness (QED) is 0.653. The molecule has 5 heterocycles. The molecular weight excluding hydrogens is 362 g/mol. The van der Waals surface area contributed by atoms with Crippen molar-refractivity contribution in [3.05, 3.63) is 51.6 Å². The summed E-state index contributed by atoms with van der Waals surface area (Å²) in [5.41, 5.74) is 1.71. The van der Waals surface area contributed by atoms with Crippen LogP contribution in [0.25, 0.3) is 5.65 Å². The van der Waals surface area contributed by atoms with E-state index in [0.717, 1.165) is 12.2 Å². The Kier molecular flexibility index (Phi) is 3.45. The molecule has 0 aromatic carbocycles. The number of nitrogens with one attached hydrogen (secondary N) is 2. The van der Waals surface area contributed by atoms with Gasteiger partial charge in [-0.15, -0.1) is 10.2 Å². The molecule has 3 aromatic rings. The molecule has 0 saturated carbocycles. The second kappa shape index (κ2) is 5.78. The predicted molar refractivity (Wildman–Crippen MR) is 98.1 cm³/mol. The lowest BCUT2D eigenvalue weighted by Gasteiger charge is -2.34. The molecule has 0 spiro atoms. The van der Waals surface area contributed by atoms with E-state index < -0.39 is 0 Å². The van der Waals surface area contributed by atoms with Crippen LogP contribution in [0.1, 0.15) is 38.8 Å². The third-order valence-corrected chi connectivity index (χ3v) is 5.71. The van der Waals surface area contributed by atoms with E-state index in [4.69, 9.17) is 0 Å². The number of aryl methyl sites for hydroxylation is 2. The zero-order chi connectivity index (χ0) is 19.6. The molecule has 2 aliphatic rings. The van der Waals surface area contributed by atoms with Crippen molar-refractivity contribution < 1.29 is 9.59 Å². The Labute approximate surface area is 159 Å². The largest absolute Gasteiger partial charge is 0.332 e. The summed E-state index contributed by atoms with van der Waals surface area (Å²) in [6.07, 6.45) is 2.51. The van der Waals surface area contributed by atoms with Crippen LogP contribution in [-0.4, -0.2) is 71.4 Å². The number of rotatable bonds is 2. The van der Waals surface area contributed by atoms with Crippen LogP contribution < -0.4 is 5.69 Å². The number of nitrogens with zero attached hydrogens (tertiary/aromatic N) is 5. The SMILES string of the molecule is Cc1[nH]c(=O)[nH]c1C(=O)N1C[C@@H]2C[C@H]1CN2C(=O)c1ccc2nnc(C)n2c1. The number of carbonyl (C=O) groups excluding carboxylic acids is 2. The highest BCUT2D eigenvalue weighted by atomic mass is 16.2. The summed E-state index contributed by atoms with van der Waals surface area (Å²) in [5.74, 6) is 0.470. The van der Waals surface area contributed by atoms with Crippen LogP contribution in [0, 0.1) is 13.8 Å². The number of carbonyl (C=O) groups is 2. The molecule has 3 aromatic heterocycles. The second-order valence-electron chi connectivity index (χ2n) is 7.43. The third-order valence-electron chi connectivity index (χ3n) is 5.71. The number of likely N-dealkylation sites (tertiary alicyclic amines) is 2. The Hall–Kier alpha value is -3.43. The molecule has 2 amide bonds. The number of hydrogen-bond acceptors (Lipinski definition) is 5. The molecule has 28 heavy (non-hydrogen) atoms. The van der Waals surface area contributed by atoms with Gasteiger partial charge in [-0.1, -0.05) is 0 Å². The van der Waals surface area contributed by atoms with Gasteiger partial charge in [0, 0.05) is 25.0 Å². The van der Waals surface area contributed by atoms with Crippen molar-refractivity contribution in [3.63, 3.8) is 0 Å². The van der Waals surface area contributed by atoms with Crippen LogP contribution in [0.2, 0.25) is 0 Å². The van der Waals surface area contributed by atoms with E-state index >= 15 is 0 Å². The number of H-pyrrole nitrogens is 2. The van der Waals surface area contributed by atoms with Crippen molar-refractivity contribution >= 4 is 17.5 Å². The summed E-state index contributed by atoms with van der Waals surface area (Å²) in [4.78, 5) is 46.0. The van der Waals surface area contributed by atoms with Crippen LogP contribution in [0.5, 0.6) is 0 Å². The van der Waals surface area contributed by atoms with Gasteiger partial charge in [0.15, 0.2) is 5.65 Å². The van der Waals surface area contributed by atoms with E-state index in [1.807, 2.05) is 11.8 Å². The molecule has 5 rings (SSSR count). The number of aromatic amines is 2. The normalized spacial score (nSPS) is 21.1. The first-order chi connectivity index (χ1) is 13.4. The Bertz CT molecular complexity index is 1170. The lowest BCUT2D eigenvalue weighted by Crippen LogP contribution is -2.50. The first-order valence-corrected chi connectivity index (χ1v) is 9.14. The van der Waals surface area contributed by atoms with Gasteiger partial charge in [0.2, 0.25) is 0 Å². The van der Waals surface area contributed by atoms with Gasteiger partial charge >= 0.3 is 5.69 Å². The number of fused-ring (bicyclic) bond motifs is 3. The lowest BCUT2D eigenvalue weighted by molar-refractivity contribution is 0.0523. The average molecular weight is 381 g/mol. The highest BCUT2D eigenvalue weighted by Crippen LogP contribution is 2.33. The maximum atomic E-state index is 13.0. The van der Waals surface area contributed by atoms with Gasteiger partial charge in [0.05, 0.1) is 17.6 Å². The van der Waals surface area contributed by atoms with Crippen molar-refractivity contribution in [1.82, 2.24) is 34.4 Å². The van der Waals surface area contributed by atoms with Crippen molar-refractivity contribution in [1.29, 1.82) is 0 Å². The minimum atomic E-state index is -0.387. The summed E-state index contributed by atoms with van der Waals surface area (Å²) in [7, 11) is 0. The summed E-state index contributed by atoms with van der Waals surface area (Å²) in [5, 5.41) is 8.05. The van der Waals surface area contributed by atoms with Gasteiger partial charge in [0.1, 0.15) is 11.5 Å². The maximum Gasteiger partial charge on any atom is 0.323 e. The minimum Gasteiger partial charge on any atom is -0.332 e. The standard InChI is InChI=1S/C18H19N7O3/c1-9-15(20-18(28)19-9)17(27)25-8-12-5-13(25)7-24(12)16(26)11-3-4-14-22-21-10(2)23(14)6-11/h3-4,6,12-13H,5,7-8H2,1-2H3,(H2,19,20,28)/t12-,13-/m0/s1. The number of aromatic nitrogens is 5. The van der Waals surface area contributed by atoms with Gasteiger partial charge in [-0.2, -0.15) is 0 Å². The van der Waals surface area contributed by atoms with Crippen molar-refractivity contribution in [2.45, 2.75) is 32.4 Å². The van der Waals surface area contributed by atoms with Gasteiger partial charge < -0.3 is 19.8 Å². The lowest BCUT2D eigenvalue weighted by atomic mass is 10.2. The smallest absolute Gasteiger partial charge is 0.323 e. The summed E-state index contributed by atoms with van der Waals surface area (Å²) in [6.45, 7) is 4.49. The van der Waals surface area contributed by atoms with Crippen LogP contribution in [0.4, 0.5) is 0 Å². The maximum absolute atomic E-state index is 13.0. The molecule has 10 heteroatoms. The van der Waals surface area contributed by atoms with Gasteiger partial charge in [-0.3, -0.25) is 14.0 Å². The Balaban J connectivity index is 1.35. The fourth-order valence-corrected chi connectivity index (χ4v) is 4.29. The molecule has 0 radical (unpaired) electrons. The van der Waals surface area contributed by atoms with E-state index in [0.29, 0.717) is 35.7 Å². The van der Waals surface area contributed by atoms with Crippen LogP contribution in [0.3, 0.4) is 0 Å². The monoisotopic (exact) mass is 381 g/mol. The summed E-state index contributed by atoms with van der Waals surface area (Å²) >= 11 is 0. The molecule has 2 saturated heterocycles. The summed E-state index contributed by atoms with van der Waals surface area (Å²) in [6, 6.07) is 3.47. The Morgan fingerprint density at radius 2 is 1.75 bits per heavy atom. The minimum absolute atomic E-state index is 0.0230. The molecule has 144 valence electrons. The van der Waals surface area contributed by atoms with Crippen molar-refractivity contribution in [2.75, 3.05) is 13.1 Å². The first kappa shape index (κ1) is 16.7. The van der Waals surface area contributed by atoms with E-state index in [2.05, 4.69) is 20.2 Å². The number of hydrogen-bond donors (Lipinski definition) is 2. The predicted octanol–water partition coefficient (Wildman–Crippen LogP) is 0.102. The van der Waals surface area contributed by atoms with Gasteiger partial charge in [-0.05, 0) is 32.4 Å². The Morgan fingerprint density at radius 3 is 2.39 bits per heavy atom. The molecule has 0 aliphatic carbocycles. The molecule has 2 N–H and O–H groups in total. The number of pyridine rings is 1. The molecule has 2 fully saturated rings. The highest BCUT2D eigenvalue weighted by molar-refractivity contribution is 5.96. The van der Waals surface area contributed by atoms with E-state index in [1.54, 1.807) is 34.6 Å². The number of amides is 2. The van der Waals surface area contributed by atoms with E-state index in [1.165, 1.54) is 0 Å². The molecule has 2 aliphatic heterocycles. The fourth-order valence-electron chi connectivity index (χ4n) is 4.29. The van der Waals surface area contributed by atoms with Gasteiger partial charge in [0.25, 0.3) is 11.8 Å². The van der Waals surface area contributed by atoms with Crippen molar-refractivity contribution in [2.24, 2.45) is 0 Å². The van der Waals surface area contributed by atoms with Crippen molar-refractivity contribution in [3.8, 4) is 0 Å². The number of piperazine rings is 1. The average Bonchev–Trinajstić information content (AvgIpc) is 3.44. The Morgan fingerprint density at radius 1 is 1.04 bits per heavy atom. The highest BCUT2D eigenvalue weighted by Gasteiger charge is 2.47. The molecule has 2 bridgehead atoms. The van der Waals surface area contributed by atoms with E-state index in [9.17, 15) is 14.4 Å². The zero-order valence-corrected chi connectivity index (χ0v) is 15.5. The molecular formula is C18H19N7O3. The second-order valence-corrected chi connectivity index (χ2v) is 7.43. The van der Waals surface area contributed by atoms with Crippen LogP contribution in [0.15, 0.2) is 23.1 Å². The van der Waals surface area contributed by atoms with Gasteiger partial charge in [-0.25, -0.2) is 4.79 Å². The third kappa shape index (κ3) is 2.37. The molecule has 10 nitrogen and oxygen atoms in total. The topological polar surface area (TPSA) is 119 Å². The van der Waals surface area contributed by atoms with Crippen LogP contribution in [-0.2, 0) is 0 Å². The van der Waals surface area contributed by atoms with Crippen LogP contribution >= 0.6 is 0 Å².